The predicted octanol–water partition coefficient (Wildman–Crippen LogP) is 3.29. The van der Waals surface area contributed by atoms with E-state index in [1.165, 1.54) is 0 Å². The number of pyridine rings is 1. The maximum absolute atomic E-state index is 12.7. The molecule has 1 aromatic rings. The van der Waals surface area contributed by atoms with Crippen LogP contribution in [0.1, 0.15) is 12.0 Å². The van der Waals surface area contributed by atoms with E-state index >= 15 is 0 Å². The molecule has 0 bridgehead atoms. The summed E-state index contributed by atoms with van der Waals surface area (Å²) in [5.74, 6) is -0.758. The fourth-order valence-electron chi connectivity index (χ4n) is 0.958. The minimum Gasteiger partial charge on any atom is -0.477 e. The Hall–Kier alpha value is -1.04. The zero-order chi connectivity index (χ0) is 12.2. The van der Waals surface area contributed by atoms with Crippen LogP contribution in [0.25, 0.3) is 0 Å². The highest BCUT2D eigenvalue weighted by molar-refractivity contribution is 6.17. The van der Waals surface area contributed by atoms with Crippen molar-refractivity contribution in [3.8, 4) is 5.88 Å². The van der Waals surface area contributed by atoms with E-state index in [0.29, 0.717) is 0 Å². The maximum atomic E-state index is 12.7. The second-order valence-electron chi connectivity index (χ2n) is 2.97. The molecule has 0 aromatic carbocycles. The number of hydrogen-bond donors (Lipinski definition) is 0. The summed E-state index contributed by atoms with van der Waals surface area (Å²) in [5, 5.41) is 0. The van der Waals surface area contributed by atoms with E-state index in [-0.39, 0.29) is 17.3 Å². The van der Waals surface area contributed by atoms with Crippen LogP contribution < -0.4 is 4.74 Å². The van der Waals surface area contributed by atoms with Gasteiger partial charge in [-0.3, -0.25) is 0 Å². The highest BCUT2D eigenvalue weighted by Crippen LogP contribution is 2.22. The molecule has 0 saturated heterocycles. The van der Waals surface area contributed by atoms with Crippen LogP contribution in [0.3, 0.4) is 0 Å². The second kappa shape index (κ2) is 5.34. The third-order valence-electron chi connectivity index (χ3n) is 1.66. The lowest BCUT2D eigenvalue weighted by Gasteiger charge is -2.10. The monoisotopic (exact) mass is 257 g/mol. The molecule has 0 saturated carbocycles. The van der Waals surface area contributed by atoms with Crippen molar-refractivity contribution in [3.05, 3.63) is 23.6 Å². The van der Waals surface area contributed by atoms with Crippen molar-refractivity contribution >= 4 is 11.6 Å². The molecule has 1 heterocycles. The summed E-state index contributed by atoms with van der Waals surface area (Å²) >= 11 is 5.46. The summed E-state index contributed by atoms with van der Waals surface area (Å²) < 4.78 is 52.9. The van der Waals surface area contributed by atoms with Gasteiger partial charge in [0.25, 0.3) is 0 Å². The van der Waals surface area contributed by atoms with Gasteiger partial charge in [-0.25, -0.2) is 9.37 Å². The summed E-state index contributed by atoms with van der Waals surface area (Å²) in [6.07, 6.45) is -4.52. The van der Waals surface area contributed by atoms with Gasteiger partial charge in [0.05, 0.1) is 25.1 Å². The first-order valence-corrected chi connectivity index (χ1v) is 4.86. The van der Waals surface area contributed by atoms with Crippen LogP contribution >= 0.6 is 11.6 Å². The second-order valence-corrected chi connectivity index (χ2v) is 3.23. The highest BCUT2D eigenvalue weighted by atomic mass is 35.5. The molecular formula is C9H8ClF4NO. The quantitative estimate of drug-likeness (QED) is 0.610. The minimum absolute atomic E-state index is 0.0688. The highest BCUT2D eigenvalue weighted by Gasteiger charge is 2.27. The van der Waals surface area contributed by atoms with Crippen LogP contribution in [0.15, 0.2) is 12.3 Å². The summed E-state index contributed by atoms with van der Waals surface area (Å²) in [6.45, 7) is -0.563. The Balaban J connectivity index is 2.60. The molecule has 0 atom stereocenters. The number of rotatable bonds is 4. The van der Waals surface area contributed by atoms with Crippen molar-refractivity contribution in [1.29, 1.82) is 0 Å². The van der Waals surface area contributed by atoms with Gasteiger partial charge in [0.1, 0.15) is 5.82 Å². The Morgan fingerprint density at radius 3 is 2.62 bits per heavy atom. The van der Waals surface area contributed by atoms with Crippen LogP contribution in [0.4, 0.5) is 17.6 Å². The number of hydrogen-bond acceptors (Lipinski definition) is 2. The molecule has 1 rings (SSSR count). The van der Waals surface area contributed by atoms with Gasteiger partial charge in [-0.05, 0) is 6.07 Å². The van der Waals surface area contributed by atoms with Crippen molar-refractivity contribution in [2.24, 2.45) is 0 Å². The molecule has 0 spiro atoms. The molecule has 2 nitrogen and oxygen atoms in total. The van der Waals surface area contributed by atoms with Crippen LogP contribution in [-0.2, 0) is 5.88 Å². The van der Waals surface area contributed by atoms with E-state index in [1.54, 1.807) is 0 Å². The van der Waals surface area contributed by atoms with Gasteiger partial charge in [-0.15, -0.1) is 11.6 Å². The molecular weight excluding hydrogens is 250 g/mol. The van der Waals surface area contributed by atoms with Gasteiger partial charge in [-0.1, -0.05) is 0 Å². The predicted molar refractivity (Wildman–Crippen MR) is 49.9 cm³/mol. The maximum Gasteiger partial charge on any atom is 0.392 e. The number of ether oxygens (including phenoxy) is 1. The van der Waals surface area contributed by atoms with E-state index < -0.39 is 25.0 Å². The van der Waals surface area contributed by atoms with Crippen molar-refractivity contribution < 1.29 is 22.3 Å². The molecule has 0 fully saturated rings. The molecule has 0 aliphatic heterocycles. The van der Waals surface area contributed by atoms with Crippen LogP contribution in [0.5, 0.6) is 5.88 Å². The Morgan fingerprint density at radius 1 is 1.38 bits per heavy atom. The lowest BCUT2D eigenvalue weighted by Crippen LogP contribution is -2.14. The third-order valence-corrected chi connectivity index (χ3v) is 1.95. The SMILES string of the molecule is Fc1cnc(OCCC(F)(F)F)c(CCl)c1. The van der Waals surface area contributed by atoms with Crippen molar-refractivity contribution in [2.75, 3.05) is 6.61 Å². The number of halogens is 5. The molecule has 0 amide bonds. The molecule has 7 heteroatoms. The molecule has 0 radical (unpaired) electrons. The standard InChI is InChI=1S/C9H8ClF4NO/c10-4-6-3-7(11)5-15-8(6)16-2-1-9(12,13)14/h3,5H,1-2,4H2. The van der Waals surface area contributed by atoms with E-state index in [0.717, 1.165) is 12.3 Å². The molecule has 16 heavy (non-hydrogen) atoms. The summed E-state index contributed by atoms with van der Waals surface area (Å²) in [4.78, 5) is 3.52. The lowest BCUT2D eigenvalue weighted by atomic mass is 10.3. The van der Waals surface area contributed by atoms with E-state index in [9.17, 15) is 17.6 Å². The zero-order valence-corrected chi connectivity index (χ0v) is 8.78. The van der Waals surface area contributed by atoms with Crippen LogP contribution in [0, 0.1) is 5.82 Å². The molecule has 0 aliphatic carbocycles. The van der Waals surface area contributed by atoms with Crippen molar-refractivity contribution in [1.82, 2.24) is 4.98 Å². The molecule has 90 valence electrons. The van der Waals surface area contributed by atoms with Crippen LogP contribution in [-0.4, -0.2) is 17.8 Å². The summed E-state index contributed by atoms with van der Waals surface area (Å²) in [5.41, 5.74) is 0.226. The largest absolute Gasteiger partial charge is 0.477 e. The van der Waals surface area contributed by atoms with E-state index in [2.05, 4.69) is 4.98 Å². The fraction of sp³-hybridized carbons (Fsp3) is 0.444. The lowest BCUT2D eigenvalue weighted by molar-refractivity contribution is -0.139. The van der Waals surface area contributed by atoms with Gasteiger partial charge in [0.2, 0.25) is 5.88 Å². The van der Waals surface area contributed by atoms with Gasteiger partial charge in [0, 0.05) is 5.56 Å². The molecule has 1 aromatic heterocycles. The first-order chi connectivity index (χ1) is 7.42. The number of nitrogens with zero attached hydrogens (tertiary/aromatic N) is 1. The first-order valence-electron chi connectivity index (χ1n) is 4.32. The van der Waals surface area contributed by atoms with Crippen molar-refractivity contribution in [3.63, 3.8) is 0 Å². The average molecular weight is 258 g/mol. The summed E-state index contributed by atoms with van der Waals surface area (Å²) in [6, 6.07) is 1.07. The average Bonchev–Trinajstić information content (AvgIpc) is 2.18. The smallest absolute Gasteiger partial charge is 0.392 e. The third kappa shape index (κ3) is 4.22. The molecule has 0 N–H and O–H groups in total. The zero-order valence-electron chi connectivity index (χ0n) is 8.02. The van der Waals surface area contributed by atoms with Gasteiger partial charge in [0.15, 0.2) is 0 Å². The van der Waals surface area contributed by atoms with E-state index in [1.807, 2.05) is 0 Å². The van der Waals surface area contributed by atoms with E-state index in [4.69, 9.17) is 16.3 Å². The number of aromatic nitrogens is 1. The van der Waals surface area contributed by atoms with Crippen LogP contribution in [0.2, 0.25) is 0 Å². The topological polar surface area (TPSA) is 22.1 Å². The Kier molecular flexibility index (Phi) is 4.35. The van der Waals surface area contributed by atoms with Crippen molar-refractivity contribution in [2.45, 2.75) is 18.5 Å². The van der Waals surface area contributed by atoms with Gasteiger partial charge >= 0.3 is 6.18 Å². The Morgan fingerprint density at radius 2 is 2.06 bits per heavy atom. The molecule has 0 unspecified atom stereocenters. The Bertz CT molecular complexity index is 356. The molecule has 0 aliphatic rings. The minimum atomic E-state index is -4.29. The van der Waals surface area contributed by atoms with Gasteiger partial charge < -0.3 is 4.74 Å². The first kappa shape index (κ1) is 13.0. The summed E-state index contributed by atoms with van der Waals surface area (Å²) in [7, 11) is 0. The number of alkyl halides is 4. The fourth-order valence-corrected chi connectivity index (χ4v) is 1.15. The Labute approximate surface area is 94.2 Å². The van der Waals surface area contributed by atoms with Gasteiger partial charge in [-0.2, -0.15) is 13.2 Å². The normalized spacial score (nSPS) is 11.6.